The van der Waals surface area contributed by atoms with Crippen LogP contribution >= 0.6 is 0 Å². The van der Waals surface area contributed by atoms with Gasteiger partial charge in [0.1, 0.15) is 0 Å². The molecule has 0 radical (unpaired) electrons. The van der Waals surface area contributed by atoms with E-state index in [0.717, 1.165) is 0 Å². The van der Waals surface area contributed by atoms with Crippen molar-refractivity contribution in [2.75, 3.05) is 0 Å². The van der Waals surface area contributed by atoms with Crippen LogP contribution in [0.5, 0.6) is 0 Å². The molecule has 1 saturated carbocycles. The van der Waals surface area contributed by atoms with Gasteiger partial charge in [0, 0.05) is 5.92 Å². The summed E-state index contributed by atoms with van der Waals surface area (Å²) in [4.78, 5) is 10.9. The summed E-state index contributed by atoms with van der Waals surface area (Å²) in [6.45, 7) is 1.97. The van der Waals surface area contributed by atoms with Crippen molar-refractivity contribution in [1.82, 2.24) is 0 Å². The Morgan fingerprint density at radius 1 is 1.25 bits per heavy atom. The fourth-order valence-electron chi connectivity index (χ4n) is 2.04. The third-order valence-electron chi connectivity index (χ3n) is 3.06. The van der Waals surface area contributed by atoms with Crippen molar-refractivity contribution in [3.05, 3.63) is 0 Å². The molecule has 0 aromatic carbocycles. The van der Waals surface area contributed by atoms with Gasteiger partial charge < -0.3 is 5.73 Å². The minimum Gasteiger partial charge on any atom is -0.369 e. The zero-order chi connectivity index (χ0) is 8.97. The first-order valence-electron chi connectivity index (χ1n) is 5.01. The second kappa shape index (κ2) is 4.48. The molecule has 1 unspecified atom stereocenters. The zero-order valence-electron chi connectivity index (χ0n) is 7.88. The number of carbonyl (C=O) groups is 1. The molecule has 70 valence electrons. The highest BCUT2D eigenvalue weighted by atomic mass is 16.1. The summed E-state index contributed by atoms with van der Waals surface area (Å²) in [5, 5.41) is 0. The molecule has 0 heterocycles. The lowest BCUT2D eigenvalue weighted by Gasteiger charge is -2.18. The summed E-state index contributed by atoms with van der Waals surface area (Å²) in [6, 6.07) is 0. The van der Waals surface area contributed by atoms with E-state index in [1.807, 2.05) is 6.92 Å². The number of nitrogens with two attached hydrogens (primary N) is 1. The van der Waals surface area contributed by atoms with Crippen molar-refractivity contribution in [3.8, 4) is 0 Å². The molecule has 2 N–H and O–H groups in total. The molecule has 0 aromatic rings. The maximum Gasteiger partial charge on any atom is 0.220 e. The molecule has 1 fully saturated rings. The monoisotopic (exact) mass is 169 g/mol. The van der Waals surface area contributed by atoms with Gasteiger partial charge in [-0.15, -0.1) is 0 Å². The minimum absolute atomic E-state index is 0.0862. The minimum atomic E-state index is -0.123. The van der Waals surface area contributed by atoms with Crippen molar-refractivity contribution in [1.29, 1.82) is 0 Å². The molecule has 0 spiro atoms. The molecule has 12 heavy (non-hydrogen) atoms. The maximum absolute atomic E-state index is 10.9. The number of hydrogen-bond acceptors (Lipinski definition) is 1. The Bertz CT molecular complexity index is 148. The van der Waals surface area contributed by atoms with Gasteiger partial charge in [0.25, 0.3) is 0 Å². The molecule has 0 saturated heterocycles. The van der Waals surface area contributed by atoms with Gasteiger partial charge in [0.2, 0.25) is 5.91 Å². The van der Waals surface area contributed by atoms with Crippen LogP contribution in [0.25, 0.3) is 0 Å². The number of rotatable bonds is 2. The molecular formula is C10H19NO. The second-order valence-electron chi connectivity index (χ2n) is 3.94. The normalized spacial score (nSPS) is 23.1. The molecular weight excluding hydrogens is 150 g/mol. The van der Waals surface area contributed by atoms with Crippen LogP contribution in [0.15, 0.2) is 0 Å². The lowest BCUT2D eigenvalue weighted by Crippen LogP contribution is -2.27. The Balaban J connectivity index is 2.42. The number of carbonyl (C=O) groups excluding carboxylic acids is 1. The van der Waals surface area contributed by atoms with E-state index in [9.17, 15) is 4.79 Å². The van der Waals surface area contributed by atoms with Gasteiger partial charge in [-0.05, 0) is 18.8 Å². The highest BCUT2D eigenvalue weighted by Gasteiger charge is 2.22. The van der Waals surface area contributed by atoms with Crippen LogP contribution in [-0.4, -0.2) is 5.91 Å². The highest BCUT2D eigenvalue weighted by molar-refractivity contribution is 5.76. The summed E-state index contributed by atoms with van der Waals surface area (Å²) in [5.74, 6) is 0.523. The molecule has 0 aliphatic heterocycles. The van der Waals surface area contributed by atoms with Crippen LogP contribution in [0.4, 0.5) is 0 Å². The summed E-state index contributed by atoms with van der Waals surface area (Å²) < 4.78 is 0. The van der Waals surface area contributed by atoms with Crippen LogP contribution in [0.1, 0.15) is 45.4 Å². The number of hydrogen-bond donors (Lipinski definition) is 1. The van der Waals surface area contributed by atoms with Crippen molar-refractivity contribution >= 4 is 5.91 Å². The molecule has 2 nitrogen and oxygen atoms in total. The molecule has 2 heteroatoms. The lowest BCUT2D eigenvalue weighted by molar-refractivity contribution is -0.123. The third-order valence-corrected chi connectivity index (χ3v) is 3.06. The van der Waals surface area contributed by atoms with Gasteiger partial charge >= 0.3 is 0 Å². The standard InChI is InChI=1S/C10H19NO/c1-8(10(11)12)9-6-4-2-3-5-7-9/h8-9H,2-7H2,1H3,(H2,11,12). The summed E-state index contributed by atoms with van der Waals surface area (Å²) >= 11 is 0. The van der Waals surface area contributed by atoms with Gasteiger partial charge in [-0.3, -0.25) is 4.79 Å². The van der Waals surface area contributed by atoms with E-state index in [1.54, 1.807) is 0 Å². The van der Waals surface area contributed by atoms with Crippen molar-refractivity contribution in [2.24, 2.45) is 17.6 Å². The summed E-state index contributed by atoms with van der Waals surface area (Å²) in [5.41, 5.74) is 5.28. The average molecular weight is 169 g/mol. The average Bonchev–Trinajstić information content (AvgIpc) is 2.30. The van der Waals surface area contributed by atoms with Crippen molar-refractivity contribution in [3.63, 3.8) is 0 Å². The third kappa shape index (κ3) is 2.50. The van der Waals surface area contributed by atoms with Crippen LogP contribution in [0, 0.1) is 11.8 Å². The Morgan fingerprint density at radius 3 is 2.17 bits per heavy atom. The van der Waals surface area contributed by atoms with Crippen LogP contribution in [-0.2, 0) is 4.79 Å². The fourth-order valence-corrected chi connectivity index (χ4v) is 2.04. The van der Waals surface area contributed by atoms with E-state index in [1.165, 1.54) is 38.5 Å². The highest BCUT2D eigenvalue weighted by Crippen LogP contribution is 2.28. The molecule has 1 rings (SSSR count). The first kappa shape index (κ1) is 9.56. The number of amides is 1. The quantitative estimate of drug-likeness (QED) is 0.632. The van der Waals surface area contributed by atoms with Gasteiger partial charge in [0.05, 0.1) is 0 Å². The largest absolute Gasteiger partial charge is 0.369 e. The Labute approximate surface area is 74.5 Å². The smallest absolute Gasteiger partial charge is 0.220 e. The van der Waals surface area contributed by atoms with Crippen LogP contribution in [0.3, 0.4) is 0 Å². The van der Waals surface area contributed by atoms with Crippen LogP contribution in [0.2, 0.25) is 0 Å². The van der Waals surface area contributed by atoms with Gasteiger partial charge in [0.15, 0.2) is 0 Å². The molecule has 1 atom stereocenters. The predicted octanol–water partition coefficient (Wildman–Crippen LogP) is 2.08. The molecule has 1 amide bonds. The van der Waals surface area contributed by atoms with E-state index in [4.69, 9.17) is 5.73 Å². The topological polar surface area (TPSA) is 43.1 Å². The Hall–Kier alpha value is -0.530. The van der Waals surface area contributed by atoms with E-state index in [-0.39, 0.29) is 11.8 Å². The van der Waals surface area contributed by atoms with Crippen LogP contribution < -0.4 is 5.73 Å². The first-order valence-corrected chi connectivity index (χ1v) is 5.01. The first-order chi connectivity index (χ1) is 5.72. The van der Waals surface area contributed by atoms with E-state index < -0.39 is 0 Å². The van der Waals surface area contributed by atoms with E-state index in [0.29, 0.717) is 5.92 Å². The fraction of sp³-hybridized carbons (Fsp3) is 0.900. The molecule has 1 aliphatic rings. The zero-order valence-corrected chi connectivity index (χ0v) is 7.88. The van der Waals surface area contributed by atoms with Gasteiger partial charge in [-0.1, -0.05) is 32.6 Å². The van der Waals surface area contributed by atoms with Gasteiger partial charge in [-0.2, -0.15) is 0 Å². The lowest BCUT2D eigenvalue weighted by atomic mass is 9.87. The van der Waals surface area contributed by atoms with Crippen molar-refractivity contribution < 1.29 is 4.79 Å². The predicted molar refractivity (Wildman–Crippen MR) is 49.6 cm³/mol. The van der Waals surface area contributed by atoms with Gasteiger partial charge in [-0.25, -0.2) is 0 Å². The van der Waals surface area contributed by atoms with E-state index in [2.05, 4.69) is 0 Å². The van der Waals surface area contributed by atoms with Crippen molar-refractivity contribution in [2.45, 2.75) is 45.4 Å². The number of primary amides is 1. The van der Waals surface area contributed by atoms with E-state index >= 15 is 0 Å². The molecule has 0 bridgehead atoms. The maximum atomic E-state index is 10.9. The SMILES string of the molecule is CC(C(N)=O)C1CCCCCC1. The molecule has 0 aromatic heterocycles. The Kier molecular flexibility index (Phi) is 3.57. The summed E-state index contributed by atoms with van der Waals surface area (Å²) in [7, 11) is 0. The summed E-state index contributed by atoms with van der Waals surface area (Å²) in [6.07, 6.45) is 7.63. The second-order valence-corrected chi connectivity index (χ2v) is 3.94. The Morgan fingerprint density at radius 2 is 1.75 bits per heavy atom. The molecule has 1 aliphatic carbocycles.